The average molecular weight is 478 g/mol. The lowest BCUT2D eigenvalue weighted by Crippen LogP contribution is -2.22. The Bertz CT molecular complexity index is 993. The van der Waals surface area contributed by atoms with E-state index < -0.39 is 29.8 Å². The Morgan fingerprint density at radius 2 is 1.85 bits per heavy atom. The van der Waals surface area contributed by atoms with Gasteiger partial charge < -0.3 is 19.3 Å². The highest BCUT2D eigenvalue weighted by atomic mass is 19.1. The van der Waals surface area contributed by atoms with Crippen LogP contribution in [0.2, 0.25) is 0 Å². The number of hydrogen-bond donors (Lipinski definition) is 2. The van der Waals surface area contributed by atoms with Crippen LogP contribution in [0.4, 0.5) is 19.3 Å². The highest BCUT2D eigenvalue weighted by Crippen LogP contribution is 2.31. The SMILES string of the molecule is CCOC(=O)/C(C)=C/C[C@H](C)[C@H](OC(=O)Nc1ccc(F)cc1F)c1ccc(OCCO)cc1. The highest BCUT2D eigenvalue weighted by molar-refractivity contribution is 5.87. The second-order valence-corrected chi connectivity index (χ2v) is 7.54. The third kappa shape index (κ3) is 8.15. The molecular formula is C25H29F2NO6. The zero-order valence-corrected chi connectivity index (χ0v) is 19.3. The number of esters is 1. The van der Waals surface area contributed by atoms with Crippen LogP contribution in [0, 0.1) is 17.6 Å². The minimum absolute atomic E-state index is 0.128. The largest absolute Gasteiger partial charge is 0.491 e. The topological polar surface area (TPSA) is 94.1 Å². The van der Waals surface area contributed by atoms with E-state index in [2.05, 4.69) is 5.32 Å². The molecule has 7 nitrogen and oxygen atoms in total. The van der Waals surface area contributed by atoms with Crippen molar-refractivity contribution in [2.45, 2.75) is 33.3 Å². The molecule has 2 atom stereocenters. The van der Waals surface area contributed by atoms with Crippen molar-refractivity contribution in [1.82, 2.24) is 0 Å². The number of nitrogens with one attached hydrogen (secondary N) is 1. The first-order chi connectivity index (χ1) is 16.2. The van der Waals surface area contributed by atoms with Crippen molar-refractivity contribution < 1.29 is 37.7 Å². The second-order valence-electron chi connectivity index (χ2n) is 7.54. The summed E-state index contributed by atoms with van der Waals surface area (Å²) in [6.45, 7) is 5.46. The Morgan fingerprint density at radius 1 is 1.15 bits per heavy atom. The average Bonchev–Trinajstić information content (AvgIpc) is 2.81. The summed E-state index contributed by atoms with van der Waals surface area (Å²) < 4.78 is 43.0. The number of allylic oxidation sites excluding steroid dienone is 1. The quantitative estimate of drug-likeness (QED) is 0.343. The number of ether oxygens (including phenoxy) is 3. The van der Waals surface area contributed by atoms with Crippen LogP contribution in [0.5, 0.6) is 5.75 Å². The highest BCUT2D eigenvalue weighted by Gasteiger charge is 2.24. The molecule has 0 unspecified atom stereocenters. The summed E-state index contributed by atoms with van der Waals surface area (Å²) in [4.78, 5) is 24.4. The summed E-state index contributed by atoms with van der Waals surface area (Å²) >= 11 is 0. The van der Waals surface area contributed by atoms with Crippen LogP contribution in [0.3, 0.4) is 0 Å². The molecule has 184 valence electrons. The van der Waals surface area contributed by atoms with E-state index in [4.69, 9.17) is 19.3 Å². The van der Waals surface area contributed by atoms with Gasteiger partial charge in [0.05, 0.1) is 18.9 Å². The number of anilines is 1. The summed E-state index contributed by atoms with van der Waals surface area (Å²) in [5.74, 6) is -1.88. The number of amides is 1. The van der Waals surface area contributed by atoms with Crippen molar-refractivity contribution in [3.8, 4) is 5.75 Å². The first kappa shape index (κ1) is 26.8. The molecule has 2 rings (SSSR count). The Labute approximate surface area is 197 Å². The minimum Gasteiger partial charge on any atom is -0.491 e. The molecule has 0 aliphatic rings. The molecule has 2 aromatic rings. The van der Waals surface area contributed by atoms with E-state index in [0.29, 0.717) is 29.4 Å². The van der Waals surface area contributed by atoms with Gasteiger partial charge in [-0.2, -0.15) is 0 Å². The lowest BCUT2D eigenvalue weighted by Gasteiger charge is -2.24. The molecule has 9 heteroatoms. The van der Waals surface area contributed by atoms with Gasteiger partial charge in [0, 0.05) is 17.6 Å². The number of aliphatic hydroxyl groups excluding tert-OH is 1. The molecule has 0 fully saturated rings. The van der Waals surface area contributed by atoms with Gasteiger partial charge in [-0.15, -0.1) is 0 Å². The maximum atomic E-state index is 13.9. The molecule has 0 saturated carbocycles. The molecule has 34 heavy (non-hydrogen) atoms. The number of halogens is 2. The van der Waals surface area contributed by atoms with Gasteiger partial charge in [0.25, 0.3) is 0 Å². The molecule has 0 spiro atoms. The van der Waals surface area contributed by atoms with Gasteiger partial charge in [0.2, 0.25) is 0 Å². The van der Waals surface area contributed by atoms with E-state index in [1.165, 1.54) is 0 Å². The third-order valence-electron chi connectivity index (χ3n) is 4.88. The van der Waals surface area contributed by atoms with E-state index in [-0.39, 0.29) is 31.4 Å². The predicted octanol–water partition coefficient (Wildman–Crippen LogP) is 5.16. The van der Waals surface area contributed by atoms with Crippen LogP contribution in [-0.2, 0) is 14.3 Å². The van der Waals surface area contributed by atoms with E-state index in [1.54, 1.807) is 44.2 Å². The standard InChI is InChI=1S/C25H29F2NO6/c1-4-32-24(30)17(3)6-5-16(2)23(18-7-10-20(11-8-18)33-14-13-29)34-25(31)28-22-12-9-19(26)15-21(22)27/h6-12,15-16,23,29H,4-5,13-14H2,1-3H3,(H,28,31)/b17-6+/t16-,23-/m0/s1. The lowest BCUT2D eigenvalue weighted by molar-refractivity contribution is -0.138. The molecule has 0 saturated heterocycles. The van der Waals surface area contributed by atoms with E-state index >= 15 is 0 Å². The number of rotatable bonds is 11. The van der Waals surface area contributed by atoms with Crippen molar-refractivity contribution in [3.05, 3.63) is 71.3 Å². The summed E-state index contributed by atoms with van der Waals surface area (Å²) in [6, 6.07) is 9.54. The number of hydrogen-bond acceptors (Lipinski definition) is 6. The first-order valence-electron chi connectivity index (χ1n) is 10.8. The van der Waals surface area contributed by atoms with Gasteiger partial charge in [-0.1, -0.05) is 25.1 Å². The lowest BCUT2D eigenvalue weighted by atomic mass is 9.93. The van der Waals surface area contributed by atoms with E-state index in [9.17, 15) is 18.4 Å². The van der Waals surface area contributed by atoms with Gasteiger partial charge in [0.15, 0.2) is 0 Å². The maximum Gasteiger partial charge on any atom is 0.412 e. The maximum absolute atomic E-state index is 13.9. The molecule has 0 radical (unpaired) electrons. The smallest absolute Gasteiger partial charge is 0.412 e. The van der Waals surface area contributed by atoms with Crippen LogP contribution in [-0.4, -0.2) is 37.0 Å². The fourth-order valence-electron chi connectivity index (χ4n) is 3.09. The fourth-order valence-corrected chi connectivity index (χ4v) is 3.09. The van der Waals surface area contributed by atoms with Crippen molar-refractivity contribution in [1.29, 1.82) is 0 Å². The predicted molar refractivity (Wildman–Crippen MR) is 122 cm³/mol. The molecular weight excluding hydrogens is 448 g/mol. The van der Waals surface area contributed by atoms with Crippen molar-refractivity contribution in [2.24, 2.45) is 5.92 Å². The molecule has 2 aromatic carbocycles. The summed E-state index contributed by atoms with van der Waals surface area (Å²) in [5.41, 5.74) is 0.849. The van der Waals surface area contributed by atoms with Crippen LogP contribution in [0.15, 0.2) is 54.1 Å². The van der Waals surface area contributed by atoms with Crippen LogP contribution >= 0.6 is 0 Å². The Morgan fingerprint density at radius 3 is 2.47 bits per heavy atom. The zero-order valence-electron chi connectivity index (χ0n) is 19.3. The van der Waals surface area contributed by atoms with Crippen LogP contribution < -0.4 is 10.1 Å². The van der Waals surface area contributed by atoms with Crippen molar-refractivity contribution in [2.75, 3.05) is 25.1 Å². The normalized spacial score (nSPS) is 13.1. The summed E-state index contributed by atoms with van der Waals surface area (Å²) in [5, 5.41) is 11.2. The van der Waals surface area contributed by atoms with Gasteiger partial charge in [0.1, 0.15) is 30.1 Å². The van der Waals surface area contributed by atoms with Crippen LogP contribution in [0.1, 0.15) is 38.9 Å². The van der Waals surface area contributed by atoms with Gasteiger partial charge in [-0.05, 0) is 50.1 Å². The minimum atomic E-state index is -0.931. The molecule has 2 N–H and O–H groups in total. The molecule has 0 heterocycles. The third-order valence-corrected chi connectivity index (χ3v) is 4.88. The van der Waals surface area contributed by atoms with Crippen LogP contribution in [0.25, 0.3) is 0 Å². The van der Waals surface area contributed by atoms with E-state index in [1.807, 2.05) is 6.92 Å². The monoisotopic (exact) mass is 477 g/mol. The number of carbonyl (C=O) groups excluding carboxylic acids is 2. The Hall–Kier alpha value is -3.46. The second kappa shape index (κ2) is 13.3. The number of benzene rings is 2. The molecule has 0 aliphatic heterocycles. The first-order valence-corrected chi connectivity index (χ1v) is 10.8. The number of carbonyl (C=O) groups is 2. The molecule has 0 bridgehead atoms. The summed E-state index contributed by atoms with van der Waals surface area (Å²) in [6.07, 6.45) is 0.404. The zero-order chi connectivity index (χ0) is 25.1. The molecule has 1 amide bonds. The Balaban J connectivity index is 2.20. The van der Waals surface area contributed by atoms with Crippen molar-refractivity contribution >= 4 is 17.7 Å². The molecule has 0 aromatic heterocycles. The van der Waals surface area contributed by atoms with Crippen molar-refractivity contribution in [3.63, 3.8) is 0 Å². The van der Waals surface area contributed by atoms with Gasteiger partial charge in [-0.25, -0.2) is 18.4 Å². The van der Waals surface area contributed by atoms with Gasteiger partial charge in [-0.3, -0.25) is 5.32 Å². The molecule has 0 aliphatic carbocycles. The van der Waals surface area contributed by atoms with Gasteiger partial charge >= 0.3 is 12.1 Å². The number of aliphatic hydroxyl groups is 1. The fraction of sp³-hybridized carbons (Fsp3) is 0.360. The Kier molecular flexibility index (Phi) is 10.5. The van der Waals surface area contributed by atoms with E-state index in [0.717, 1.165) is 12.1 Å². The summed E-state index contributed by atoms with van der Waals surface area (Å²) in [7, 11) is 0.